The van der Waals surface area contributed by atoms with Crippen LogP contribution in [0.3, 0.4) is 0 Å². The largest absolute Gasteiger partial charge is 0.506 e. The molecule has 0 atom stereocenters. The molecule has 30 heavy (non-hydrogen) atoms. The maximum Gasteiger partial charge on any atom is 0.165 e. The molecule has 6 nitrogen and oxygen atoms in total. The summed E-state index contributed by atoms with van der Waals surface area (Å²) in [5.41, 5.74) is 5.14. The number of hydrogen-bond donors (Lipinski definition) is 2. The van der Waals surface area contributed by atoms with Crippen LogP contribution in [0, 0.1) is 6.92 Å². The van der Waals surface area contributed by atoms with Crippen LogP contribution in [-0.4, -0.2) is 27.9 Å². The predicted molar refractivity (Wildman–Crippen MR) is 127 cm³/mol. The van der Waals surface area contributed by atoms with Gasteiger partial charge in [-0.1, -0.05) is 29.3 Å². The maximum absolute atomic E-state index is 10.4. The van der Waals surface area contributed by atoms with E-state index in [1.165, 1.54) is 0 Å². The number of aryl methyl sites for hydroxylation is 1. The summed E-state index contributed by atoms with van der Waals surface area (Å²) in [6.45, 7) is 4.73. The molecule has 0 aliphatic carbocycles. The molecule has 0 aliphatic rings. The minimum absolute atomic E-state index is 0.0829. The summed E-state index contributed by atoms with van der Waals surface area (Å²) >= 11 is 6.76. The molecule has 0 amide bonds. The third-order valence-corrected chi connectivity index (χ3v) is 5.23. The highest BCUT2D eigenvalue weighted by molar-refractivity contribution is 9.11. The van der Waals surface area contributed by atoms with Gasteiger partial charge < -0.3 is 9.84 Å². The third-order valence-electron chi connectivity index (χ3n) is 4.16. The van der Waals surface area contributed by atoms with Gasteiger partial charge in [-0.15, -0.1) is 0 Å². The number of ether oxygens (including phenoxy) is 1. The number of halogens is 2. The fourth-order valence-electron chi connectivity index (χ4n) is 2.64. The van der Waals surface area contributed by atoms with E-state index in [9.17, 15) is 5.11 Å². The van der Waals surface area contributed by atoms with Gasteiger partial charge in [-0.2, -0.15) is 5.10 Å². The number of anilines is 1. The van der Waals surface area contributed by atoms with E-state index in [0.29, 0.717) is 21.7 Å². The molecule has 3 aromatic rings. The number of aromatic hydroxyl groups is 1. The molecule has 0 saturated carbocycles. The van der Waals surface area contributed by atoms with E-state index in [1.54, 1.807) is 24.4 Å². The van der Waals surface area contributed by atoms with Crippen molar-refractivity contribution < 1.29 is 9.84 Å². The molecule has 1 heterocycles. The van der Waals surface area contributed by atoms with E-state index in [1.807, 2.05) is 31.2 Å². The van der Waals surface area contributed by atoms with E-state index in [2.05, 4.69) is 59.3 Å². The Labute approximate surface area is 192 Å². The average Bonchev–Trinajstić information content (AvgIpc) is 2.71. The smallest absolute Gasteiger partial charge is 0.165 e. The summed E-state index contributed by atoms with van der Waals surface area (Å²) in [5, 5.41) is 14.6. The fraction of sp³-hybridized carbons (Fsp3) is 0.227. The molecule has 2 aromatic carbocycles. The number of aromatic nitrogens is 2. The van der Waals surface area contributed by atoms with E-state index in [0.717, 1.165) is 40.9 Å². The number of nitrogens with zero attached hydrogens (tertiary/aromatic N) is 3. The molecule has 156 valence electrons. The molecule has 8 heteroatoms. The highest BCUT2D eigenvalue weighted by Crippen LogP contribution is 2.37. The van der Waals surface area contributed by atoms with Crippen LogP contribution < -0.4 is 10.2 Å². The molecule has 0 spiro atoms. The Balaban J connectivity index is 1.72. The van der Waals surface area contributed by atoms with E-state index in [-0.39, 0.29) is 5.75 Å². The van der Waals surface area contributed by atoms with Gasteiger partial charge in [0.1, 0.15) is 11.5 Å². The Bertz CT molecular complexity index is 1040. The summed E-state index contributed by atoms with van der Waals surface area (Å²) < 4.78 is 7.03. The number of nitrogens with one attached hydrogen (secondary N) is 1. The van der Waals surface area contributed by atoms with Crippen LogP contribution >= 0.6 is 31.9 Å². The minimum atomic E-state index is 0.0829. The van der Waals surface area contributed by atoms with Crippen molar-refractivity contribution in [2.75, 3.05) is 12.0 Å². The number of benzene rings is 2. The molecular formula is C22H22Br2N4O2. The molecular weight excluding hydrogens is 512 g/mol. The van der Waals surface area contributed by atoms with E-state index in [4.69, 9.17) is 4.74 Å². The number of hydrazone groups is 1. The second-order valence-electron chi connectivity index (χ2n) is 6.64. The Hall–Kier alpha value is -2.45. The summed E-state index contributed by atoms with van der Waals surface area (Å²) in [5.74, 6) is 1.87. The highest BCUT2D eigenvalue weighted by Gasteiger charge is 2.13. The molecule has 3 rings (SSSR count). The minimum Gasteiger partial charge on any atom is -0.506 e. The van der Waals surface area contributed by atoms with Crippen molar-refractivity contribution in [1.82, 2.24) is 9.97 Å². The normalized spacial score (nSPS) is 11.1. The second-order valence-corrected chi connectivity index (χ2v) is 8.41. The molecule has 2 N–H and O–H groups in total. The topological polar surface area (TPSA) is 79.6 Å². The van der Waals surface area contributed by atoms with Gasteiger partial charge in [-0.05, 0) is 71.2 Å². The molecule has 0 saturated heterocycles. The maximum atomic E-state index is 10.4. The zero-order valence-corrected chi connectivity index (χ0v) is 19.9. The monoisotopic (exact) mass is 532 g/mol. The van der Waals surface area contributed by atoms with Crippen LogP contribution in [0.1, 0.15) is 31.0 Å². The second kappa shape index (κ2) is 10.5. The van der Waals surface area contributed by atoms with Gasteiger partial charge in [0, 0.05) is 16.2 Å². The van der Waals surface area contributed by atoms with Crippen LogP contribution in [-0.2, 0) is 0 Å². The van der Waals surface area contributed by atoms with Crippen molar-refractivity contribution >= 4 is 43.9 Å². The van der Waals surface area contributed by atoms with Crippen LogP contribution in [0.15, 0.2) is 56.5 Å². The van der Waals surface area contributed by atoms with Gasteiger partial charge in [-0.25, -0.2) is 9.97 Å². The van der Waals surface area contributed by atoms with Gasteiger partial charge in [-0.3, -0.25) is 5.43 Å². The zero-order valence-electron chi connectivity index (χ0n) is 16.7. The van der Waals surface area contributed by atoms with Gasteiger partial charge >= 0.3 is 0 Å². The first-order chi connectivity index (χ1) is 14.5. The molecule has 0 fully saturated rings. The Morgan fingerprint density at radius 3 is 2.63 bits per heavy atom. The first-order valence-corrected chi connectivity index (χ1v) is 11.1. The predicted octanol–water partition coefficient (Wildman–Crippen LogP) is 6.31. The molecule has 0 radical (unpaired) electrons. The first-order valence-electron chi connectivity index (χ1n) is 9.52. The van der Waals surface area contributed by atoms with Crippen LogP contribution in [0.25, 0.3) is 11.4 Å². The number of rotatable bonds is 8. The average molecular weight is 534 g/mol. The summed E-state index contributed by atoms with van der Waals surface area (Å²) in [7, 11) is 0. The number of phenolic OH excluding ortho intramolecular Hbond substituents is 1. The summed E-state index contributed by atoms with van der Waals surface area (Å²) in [6.07, 6.45) is 3.86. The number of hydrogen-bond acceptors (Lipinski definition) is 6. The van der Waals surface area contributed by atoms with Gasteiger partial charge in [0.2, 0.25) is 0 Å². The molecule has 0 unspecified atom stereocenters. The van der Waals surface area contributed by atoms with Gasteiger partial charge in [0.05, 0.1) is 22.9 Å². The molecule has 0 bridgehead atoms. The highest BCUT2D eigenvalue weighted by atomic mass is 79.9. The van der Waals surface area contributed by atoms with Crippen molar-refractivity contribution in [3.63, 3.8) is 0 Å². The molecule has 1 aromatic heterocycles. The fourth-order valence-corrected chi connectivity index (χ4v) is 3.87. The van der Waals surface area contributed by atoms with Crippen LogP contribution in [0.5, 0.6) is 11.5 Å². The third kappa shape index (κ3) is 6.03. The quantitative estimate of drug-likeness (QED) is 0.201. The van der Waals surface area contributed by atoms with Crippen molar-refractivity contribution in [1.29, 1.82) is 0 Å². The first kappa shape index (κ1) is 22.2. The van der Waals surface area contributed by atoms with Crippen molar-refractivity contribution in [2.45, 2.75) is 26.7 Å². The summed E-state index contributed by atoms with van der Waals surface area (Å²) in [4.78, 5) is 8.91. The lowest BCUT2D eigenvalue weighted by molar-refractivity contribution is 0.309. The lowest BCUT2D eigenvalue weighted by Crippen LogP contribution is -1.99. The Kier molecular flexibility index (Phi) is 7.81. The van der Waals surface area contributed by atoms with Crippen molar-refractivity contribution in [3.8, 4) is 22.9 Å². The standard InChI is InChI=1S/C22H22Br2N4O2/c1-3-4-9-30-17-7-5-15(6-8-17)13-25-28-20-10-14(2)26-22(27-20)18-11-16(23)12-19(24)21(18)29/h5-8,10-13,29H,3-4,9H2,1-2H3,(H,26,27,28)/b25-13+. The lowest BCUT2D eigenvalue weighted by Gasteiger charge is -2.09. The van der Waals surface area contributed by atoms with Crippen molar-refractivity contribution in [3.05, 3.63) is 62.7 Å². The molecule has 0 aliphatic heterocycles. The van der Waals surface area contributed by atoms with E-state index < -0.39 is 0 Å². The Morgan fingerprint density at radius 1 is 1.13 bits per heavy atom. The Morgan fingerprint density at radius 2 is 1.90 bits per heavy atom. The lowest BCUT2D eigenvalue weighted by atomic mass is 10.2. The van der Waals surface area contributed by atoms with E-state index >= 15 is 0 Å². The van der Waals surface area contributed by atoms with Crippen LogP contribution in [0.2, 0.25) is 0 Å². The number of unbranched alkanes of at least 4 members (excludes halogenated alkanes) is 1. The number of phenols is 1. The zero-order chi connectivity index (χ0) is 21.5. The summed E-state index contributed by atoms with van der Waals surface area (Å²) in [6, 6.07) is 13.1. The van der Waals surface area contributed by atoms with Gasteiger partial charge in [0.15, 0.2) is 11.6 Å². The van der Waals surface area contributed by atoms with Gasteiger partial charge in [0.25, 0.3) is 0 Å². The van der Waals surface area contributed by atoms with Crippen molar-refractivity contribution in [2.24, 2.45) is 5.10 Å². The SMILES string of the molecule is CCCCOc1ccc(/C=N/Nc2cc(C)nc(-c3cc(Br)cc(Br)c3O)n2)cc1. The van der Waals surface area contributed by atoms with Crippen LogP contribution in [0.4, 0.5) is 5.82 Å².